The van der Waals surface area contributed by atoms with Gasteiger partial charge in [0.1, 0.15) is 11.3 Å². The molecule has 3 aromatic carbocycles. The van der Waals surface area contributed by atoms with Gasteiger partial charge in [-0.1, -0.05) is 12.1 Å². The number of benzene rings is 3. The number of nitrogens with zero attached hydrogens (tertiary/aromatic N) is 4. The third kappa shape index (κ3) is 5.09. The van der Waals surface area contributed by atoms with Gasteiger partial charge in [0, 0.05) is 30.5 Å². The molecule has 0 atom stereocenters. The van der Waals surface area contributed by atoms with Gasteiger partial charge < -0.3 is 19.9 Å². The molecule has 1 aliphatic rings. The van der Waals surface area contributed by atoms with E-state index in [4.69, 9.17) is 15.0 Å². The molecule has 0 aliphatic heterocycles. The Morgan fingerprint density at radius 2 is 1.68 bits per heavy atom. The fourth-order valence-electron chi connectivity index (χ4n) is 4.72. The maximum Gasteiger partial charge on any atom is 0.251 e. The Kier molecular flexibility index (Phi) is 6.40. The molecule has 1 saturated carbocycles. The van der Waals surface area contributed by atoms with Crippen LogP contribution in [0.2, 0.25) is 0 Å². The number of fused-ring (bicyclic) bond motifs is 1. The van der Waals surface area contributed by atoms with E-state index >= 15 is 0 Å². The van der Waals surface area contributed by atoms with Gasteiger partial charge in [-0.25, -0.2) is 4.98 Å². The van der Waals surface area contributed by atoms with Gasteiger partial charge in [0.05, 0.1) is 17.1 Å². The summed E-state index contributed by atoms with van der Waals surface area (Å²) in [6, 6.07) is 23.4. The van der Waals surface area contributed by atoms with E-state index < -0.39 is 0 Å². The van der Waals surface area contributed by atoms with E-state index in [1.54, 1.807) is 12.1 Å². The van der Waals surface area contributed by atoms with Crippen LogP contribution in [0.25, 0.3) is 22.2 Å². The van der Waals surface area contributed by atoms with Crippen LogP contribution in [0.15, 0.2) is 72.9 Å². The smallest absolute Gasteiger partial charge is 0.251 e. The minimum atomic E-state index is -0.0185. The number of carbonyl (C=O) groups excluding carboxylic acids is 1. The fourth-order valence-corrected chi connectivity index (χ4v) is 4.72. The maximum absolute atomic E-state index is 12.4. The van der Waals surface area contributed by atoms with Crippen LogP contribution >= 0.6 is 0 Å². The number of anilines is 2. The van der Waals surface area contributed by atoms with E-state index in [1.807, 2.05) is 74.1 Å². The molecule has 2 N–H and O–H groups in total. The largest absolute Gasteiger partial charge is 0.436 e. The van der Waals surface area contributed by atoms with Gasteiger partial charge in [0.25, 0.3) is 5.91 Å². The summed E-state index contributed by atoms with van der Waals surface area (Å²) in [5.41, 5.74) is 7.57. The number of nitrogens with one attached hydrogen (secondary N) is 2. The molecule has 198 valence electrons. The van der Waals surface area contributed by atoms with E-state index in [0.717, 1.165) is 57.6 Å². The zero-order chi connectivity index (χ0) is 27.8. The SMILES string of the molecule is Cc1cc(-c2ccc(C(=O)NC3CC3)cc2)cc(C)c1Oc1nc(Nc2ccc(C#N)cc2)nc2ccn(C)c12. The molecule has 1 amide bonds. The molecule has 2 aromatic heterocycles. The summed E-state index contributed by atoms with van der Waals surface area (Å²) in [4.78, 5) is 21.7. The van der Waals surface area contributed by atoms with Crippen molar-refractivity contribution in [1.29, 1.82) is 5.26 Å². The van der Waals surface area contributed by atoms with Gasteiger partial charge >= 0.3 is 0 Å². The second-order valence-corrected chi connectivity index (χ2v) is 10.2. The molecule has 2 heterocycles. The van der Waals surface area contributed by atoms with Crippen molar-refractivity contribution in [3.05, 3.63) is 95.2 Å². The normalized spacial score (nSPS) is 12.7. The van der Waals surface area contributed by atoms with Crippen LogP contribution in [0, 0.1) is 25.2 Å². The summed E-state index contributed by atoms with van der Waals surface area (Å²) in [6.45, 7) is 4.03. The zero-order valence-electron chi connectivity index (χ0n) is 22.5. The Morgan fingerprint density at radius 1 is 0.975 bits per heavy atom. The average molecular weight is 529 g/mol. The van der Waals surface area contributed by atoms with Gasteiger partial charge in [-0.2, -0.15) is 10.2 Å². The lowest BCUT2D eigenvalue weighted by atomic mass is 9.98. The number of rotatable bonds is 7. The minimum Gasteiger partial charge on any atom is -0.436 e. The van der Waals surface area contributed by atoms with E-state index in [1.165, 1.54) is 0 Å². The quantitative estimate of drug-likeness (QED) is 0.248. The van der Waals surface area contributed by atoms with Gasteiger partial charge in [-0.3, -0.25) is 4.79 Å². The standard InChI is InChI=1S/C32H28N6O2/c1-19-16-24(22-6-8-23(9-7-22)30(39)34-25-12-13-25)17-20(2)29(19)40-31-28-27(14-15-38(28)3)36-32(37-31)35-26-10-4-21(18-33)5-11-26/h4-11,14-17,25H,12-13H2,1-3H3,(H,34,39)(H,35,36,37). The van der Waals surface area contributed by atoms with Gasteiger partial charge in [0.15, 0.2) is 0 Å². The molecule has 1 aliphatic carbocycles. The molecular formula is C32H28N6O2. The fraction of sp³-hybridized carbons (Fsp3) is 0.188. The number of aryl methyl sites for hydroxylation is 3. The molecule has 0 radical (unpaired) electrons. The summed E-state index contributed by atoms with van der Waals surface area (Å²) in [5, 5.41) is 15.3. The number of aromatic nitrogens is 3. The molecule has 1 fully saturated rings. The molecule has 5 aromatic rings. The monoisotopic (exact) mass is 528 g/mol. The molecule has 0 bridgehead atoms. The van der Waals surface area contributed by atoms with Crippen molar-refractivity contribution in [2.24, 2.45) is 7.05 Å². The number of amides is 1. The number of nitriles is 1. The molecule has 8 heteroatoms. The third-order valence-corrected chi connectivity index (χ3v) is 7.01. The topological polar surface area (TPSA) is 105 Å². The Morgan fingerprint density at radius 3 is 2.33 bits per heavy atom. The van der Waals surface area contributed by atoms with Crippen molar-refractivity contribution in [2.45, 2.75) is 32.7 Å². The van der Waals surface area contributed by atoms with Crippen molar-refractivity contribution in [1.82, 2.24) is 19.9 Å². The van der Waals surface area contributed by atoms with Crippen LogP contribution in [0.4, 0.5) is 11.6 Å². The average Bonchev–Trinajstić information content (AvgIpc) is 3.70. The number of hydrogen-bond acceptors (Lipinski definition) is 6. The molecule has 40 heavy (non-hydrogen) atoms. The van der Waals surface area contributed by atoms with Crippen molar-refractivity contribution >= 4 is 28.6 Å². The maximum atomic E-state index is 12.4. The highest BCUT2D eigenvalue weighted by Gasteiger charge is 2.23. The molecule has 8 nitrogen and oxygen atoms in total. The van der Waals surface area contributed by atoms with E-state index in [9.17, 15) is 4.79 Å². The van der Waals surface area contributed by atoms with Gasteiger partial charge in [-0.15, -0.1) is 0 Å². The van der Waals surface area contributed by atoms with Crippen molar-refractivity contribution in [3.63, 3.8) is 0 Å². The van der Waals surface area contributed by atoms with Gasteiger partial charge in [-0.05, 0) is 104 Å². The van der Waals surface area contributed by atoms with Crippen molar-refractivity contribution in [2.75, 3.05) is 5.32 Å². The lowest BCUT2D eigenvalue weighted by Gasteiger charge is -2.16. The zero-order valence-corrected chi connectivity index (χ0v) is 22.5. The van der Waals surface area contributed by atoms with Crippen LogP contribution in [0.5, 0.6) is 11.6 Å². The summed E-state index contributed by atoms with van der Waals surface area (Å²) in [5.74, 6) is 1.56. The summed E-state index contributed by atoms with van der Waals surface area (Å²) < 4.78 is 8.42. The minimum absolute atomic E-state index is 0.0185. The van der Waals surface area contributed by atoms with Crippen LogP contribution in [0.1, 0.15) is 39.9 Å². The number of ether oxygens (including phenoxy) is 1. The predicted molar refractivity (Wildman–Crippen MR) is 155 cm³/mol. The van der Waals surface area contributed by atoms with E-state index in [-0.39, 0.29) is 5.91 Å². The van der Waals surface area contributed by atoms with E-state index in [2.05, 4.69) is 33.8 Å². The van der Waals surface area contributed by atoms with E-state index in [0.29, 0.717) is 29.0 Å². The highest BCUT2D eigenvalue weighted by atomic mass is 16.5. The first kappa shape index (κ1) is 25.1. The first-order chi connectivity index (χ1) is 19.4. The number of carbonyl (C=O) groups is 1. The molecule has 0 spiro atoms. The second-order valence-electron chi connectivity index (χ2n) is 10.2. The van der Waals surface area contributed by atoms with Crippen molar-refractivity contribution in [3.8, 4) is 28.8 Å². The lowest BCUT2D eigenvalue weighted by molar-refractivity contribution is 0.0951. The highest BCUT2D eigenvalue weighted by Crippen LogP contribution is 2.36. The Balaban J connectivity index is 1.28. The summed E-state index contributed by atoms with van der Waals surface area (Å²) in [6.07, 6.45) is 4.06. The second kappa shape index (κ2) is 10.2. The predicted octanol–water partition coefficient (Wildman–Crippen LogP) is 6.55. The molecule has 0 unspecified atom stereocenters. The summed E-state index contributed by atoms with van der Waals surface area (Å²) >= 11 is 0. The molecule has 6 rings (SSSR count). The number of hydrogen-bond donors (Lipinski definition) is 2. The Hall–Kier alpha value is -5.16. The van der Waals surface area contributed by atoms with Crippen LogP contribution < -0.4 is 15.4 Å². The molecular weight excluding hydrogens is 500 g/mol. The van der Waals surface area contributed by atoms with Gasteiger partial charge in [0.2, 0.25) is 11.8 Å². The first-order valence-electron chi connectivity index (χ1n) is 13.2. The summed E-state index contributed by atoms with van der Waals surface area (Å²) in [7, 11) is 1.93. The highest BCUT2D eigenvalue weighted by molar-refractivity contribution is 5.95. The third-order valence-electron chi connectivity index (χ3n) is 7.01. The Labute approximate surface area is 232 Å². The first-order valence-corrected chi connectivity index (χ1v) is 13.2. The van der Waals surface area contributed by atoms with Crippen LogP contribution in [-0.4, -0.2) is 26.5 Å². The Bertz CT molecular complexity index is 1760. The van der Waals surface area contributed by atoms with Crippen LogP contribution in [0.3, 0.4) is 0 Å². The molecule has 0 saturated heterocycles. The van der Waals surface area contributed by atoms with Crippen molar-refractivity contribution < 1.29 is 9.53 Å². The van der Waals surface area contributed by atoms with Crippen LogP contribution in [-0.2, 0) is 7.05 Å². The lowest BCUT2D eigenvalue weighted by Crippen LogP contribution is -2.25.